The average Bonchev–Trinajstić information content (AvgIpc) is 2.25. The van der Waals surface area contributed by atoms with Gasteiger partial charge in [0.05, 0.1) is 0 Å². The smallest absolute Gasteiger partial charge is 0.358 e. The molecule has 96 valence electrons. The first-order valence-electron chi connectivity index (χ1n) is 4.09. The van der Waals surface area contributed by atoms with Crippen molar-refractivity contribution in [2.24, 2.45) is 5.14 Å². The van der Waals surface area contributed by atoms with Gasteiger partial charge in [0.1, 0.15) is 11.6 Å². The molecule has 1 aromatic heterocycles. The lowest BCUT2D eigenvalue weighted by Crippen LogP contribution is -2.16. The van der Waals surface area contributed by atoms with E-state index >= 15 is 0 Å². The zero-order chi connectivity index (χ0) is 14.1. The molecule has 0 aliphatic carbocycles. The number of sulfonamides is 1. The molecule has 0 spiro atoms. The number of primary sulfonamides is 1. The van der Waals surface area contributed by atoms with Crippen molar-refractivity contribution in [2.45, 2.75) is 11.3 Å². The molecule has 1 aromatic rings. The van der Waals surface area contributed by atoms with Crippen molar-refractivity contribution in [3.63, 3.8) is 0 Å². The summed E-state index contributed by atoms with van der Waals surface area (Å²) >= 11 is 0. The van der Waals surface area contributed by atoms with E-state index in [1.54, 1.807) is 0 Å². The summed E-state index contributed by atoms with van der Waals surface area (Å²) in [5.74, 6) is -1.34. The van der Waals surface area contributed by atoms with E-state index < -0.39 is 43.3 Å². The van der Waals surface area contributed by atoms with Crippen molar-refractivity contribution in [3.05, 3.63) is 27.4 Å². The summed E-state index contributed by atoms with van der Waals surface area (Å²) in [5, 5.41) is 23.8. The van der Waals surface area contributed by atoms with Crippen molar-refractivity contribution in [3.8, 4) is 6.07 Å². The fraction of sp³-hybridized carbons (Fsp3) is 0.143. The Hall–Kier alpha value is -2.19. The van der Waals surface area contributed by atoms with Gasteiger partial charge in [-0.25, -0.2) is 22.3 Å². The van der Waals surface area contributed by atoms with E-state index in [0.717, 1.165) is 0 Å². The highest BCUT2D eigenvalue weighted by molar-refractivity contribution is 7.89. The number of nitrogens with zero attached hydrogens (tertiary/aromatic N) is 3. The number of rotatable bonds is 3. The van der Waals surface area contributed by atoms with Gasteiger partial charge >= 0.3 is 12.2 Å². The molecule has 1 rings (SSSR count). The van der Waals surface area contributed by atoms with E-state index in [1.807, 2.05) is 0 Å². The monoisotopic (exact) mass is 278 g/mol. The molecule has 0 aromatic carbocycles. The van der Waals surface area contributed by atoms with Crippen LogP contribution in [-0.2, 0) is 10.0 Å². The average molecular weight is 278 g/mol. The zero-order valence-electron chi connectivity index (χ0n) is 8.37. The maximum Gasteiger partial charge on any atom is 0.384 e. The Morgan fingerprint density at radius 1 is 1.56 bits per heavy atom. The van der Waals surface area contributed by atoms with Gasteiger partial charge in [-0.05, 0) is 16.0 Å². The molecule has 0 aliphatic heterocycles. The molecule has 0 saturated carbocycles. The second kappa shape index (κ2) is 4.59. The highest BCUT2D eigenvalue weighted by atomic mass is 32.2. The Balaban J connectivity index is 3.76. The number of nitrogens with two attached hydrogens (primary N) is 1. The molecule has 0 radical (unpaired) electrons. The van der Waals surface area contributed by atoms with E-state index in [1.165, 1.54) is 6.07 Å². The Labute approximate surface area is 98.9 Å². The van der Waals surface area contributed by atoms with Crippen LogP contribution in [0.3, 0.4) is 0 Å². The molecule has 0 amide bonds. The van der Waals surface area contributed by atoms with Gasteiger partial charge in [-0.2, -0.15) is 5.26 Å². The molecule has 0 bridgehead atoms. The number of pyridine rings is 1. The number of aromatic nitrogens is 1. The molecule has 0 atom stereocenters. The van der Waals surface area contributed by atoms with Crippen LogP contribution >= 0.6 is 0 Å². The number of hydrogen-bond acceptors (Lipinski definition) is 6. The fourth-order valence-electron chi connectivity index (χ4n) is 1.10. The maximum absolute atomic E-state index is 12.5. The quantitative estimate of drug-likeness (QED) is 0.628. The Kier molecular flexibility index (Phi) is 3.54. The van der Waals surface area contributed by atoms with Gasteiger partial charge in [0, 0.05) is 0 Å². The summed E-state index contributed by atoms with van der Waals surface area (Å²) in [4.78, 5) is 11.1. The lowest BCUT2D eigenvalue weighted by molar-refractivity contribution is -0.392. The minimum Gasteiger partial charge on any atom is -0.358 e. The number of halogens is 2. The summed E-state index contributed by atoms with van der Waals surface area (Å²) in [5.41, 5.74) is -1.96. The molecular formula is C7H4F2N4O4S. The van der Waals surface area contributed by atoms with Crippen molar-refractivity contribution in [2.75, 3.05) is 0 Å². The lowest BCUT2D eigenvalue weighted by atomic mass is 10.2. The standard InChI is InChI=1S/C7H4F2N4O4S/c8-6(9)5-3(2-10)1-4(18(11,16)17)7(12-5)13(14)15/h1,6H,(H2,11,16,17). The molecule has 11 heteroatoms. The molecule has 0 saturated heterocycles. The molecule has 0 aliphatic rings. The second-order valence-corrected chi connectivity index (χ2v) is 4.49. The third kappa shape index (κ3) is 2.55. The van der Waals surface area contributed by atoms with Crippen molar-refractivity contribution < 1.29 is 22.1 Å². The van der Waals surface area contributed by atoms with E-state index in [9.17, 15) is 27.3 Å². The van der Waals surface area contributed by atoms with Crippen LogP contribution < -0.4 is 5.14 Å². The predicted molar refractivity (Wildman–Crippen MR) is 51.9 cm³/mol. The number of alkyl halides is 2. The predicted octanol–water partition coefficient (Wildman–Crippen LogP) is 0.446. The van der Waals surface area contributed by atoms with Gasteiger partial charge in [0.25, 0.3) is 0 Å². The third-order valence-corrected chi connectivity index (χ3v) is 2.72. The fourth-order valence-corrected chi connectivity index (χ4v) is 1.75. The Bertz CT molecular complexity index is 652. The van der Waals surface area contributed by atoms with Crippen LogP contribution in [0.4, 0.5) is 14.6 Å². The first-order valence-corrected chi connectivity index (χ1v) is 5.63. The van der Waals surface area contributed by atoms with Crippen LogP contribution in [0.15, 0.2) is 11.0 Å². The number of hydrogen-bond donors (Lipinski definition) is 1. The van der Waals surface area contributed by atoms with Crippen molar-refractivity contribution in [1.82, 2.24) is 4.98 Å². The van der Waals surface area contributed by atoms with Gasteiger partial charge in [0.15, 0.2) is 4.90 Å². The van der Waals surface area contributed by atoms with Crippen LogP contribution in [-0.4, -0.2) is 18.3 Å². The van der Waals surface area contributed by atoms with Gasteiger partial charge < -0.3 is 10.1 Å². The minimum absolute atomic E-state index is 0.405. The highest BCUT2D eigenvalue weighted by Crippen LogP contribution is 2.28. The molecule has 0 unspecified atom stereocenters. The van der Waals surface area contributed by atoms with Gasteiger partial charge in [-0.3, -0.25) is 0 Å². The number of nitriles is 1. The summed E-state index contributed by atoms with van der Waals surface area (Å²) < 4.78 is 47.0. The highest BCUT2D eigenvalue weighted by Gasteiger charge is 2.31. The maximum atomic E-state index is 12.5. The largest absolute Gasteiger partial charge is 0.384 e. The zero-order valence-corrected chi connectivity index (χ0v) is 9.19. The Morgan fingerprint density at radius 3 is 2.44 bits per heavy atom. The minimum atomic E-state index is -4.55. The molecule has 8 nitrogen and oxygen atoms in total. The van der Waals surface area contributed by atoms with Crippen LogP contribution in [0.2, 0.25) is 0 Å². The third-order valence-electron chi connectivity index (χ3n) is 1.80. The normalized spacial score (nSPS) is 11.3. The van der Waals surface area contributed by atoms with Crippen LogP contribution in [0.25, 0.3) is 0 Å². The first-order chi connectivity index (χ1) is 8.18. The summed E-state index contributed by atoms with van der Waals surface area (Å²) in [7, 11) is -4.55. The summed E-state index contributed by atoms with van der Waals surface area (Å²) in [6, 6.07) is 1.68. The summed E-state index contributed by atoms with van der Waals surface area (Å²) in [6.07, 6.45) is -3.26. The first kappa shape index (κ1) is 13.9. The molecule has 1 heterocycles. The van der Waals surface area contributed by atoms with E-state index in [4.69, 9.17) is 5.26 Å². The van der Waals surface area contributed by atoms with Gasteiger partial charge in [-0.1, -0.05) is 0 Å². The van der Waals surface area contributed by atoms with Gasteiger partial charge in [0.2, 0.25) is 15.7 Å². The lowest BCUT2D eigenvalue weighted by Gasteiger charge is -2.03. The van der Waals surface area contributed by atoms with E-state index in [-0.39, 0.29) is 0 Å². The molecular weight excluding hydrogens is 274 g/mol. The molecule has 0 fully saturated rings. The van der Waals surface area contributed by atoms with E-state index in [2.05, 4.69) is 10.1 Å². The van der Waals surface area contributed by atoms with Crippen LogP contribution in [0.5, 0.6) is 0 Å². The van der Waals surface area contributed by atoms with Crippen LogP contribution in [0, 0.1) is 21.4 Å². The molecule has 18 heavy (non-hydrogen) atoms. The molecule has 2 N–H and O–H groups in total. The second-order valence-electron chi connectivity index (χ2n) is 2.96. The Morgan fingerprint density at radius 2 is 2.11 bits per heavy atom. The van der Waals surface area contributed by atoms with E-state index in [0.29, 0.717) is 6.07 Å². The topological polar surface area (TPSA) is 140 Å². The van der Waals surface area contributed by atoms with Crippen molar-refractivity contribution >= 4 is 15.8 Å². The SMILES string of the molecule is N#Cc1cc(S(N)(=O)=O)c([N+](=O)[O-])nc1C(F)F. The summed E-state index contributed by atoms with van der Waals surface area (Å²) in [6.45, 7) is 0. The van der Waals surface area contributed by atoms with Crippen LogP contribution in [0.1, 0.15) is 17.7 Å². The number of nitro groups is 1. The van der Waals surface area contributed by atoms with Crippen molar-refractivity contribution in [1.29, 1.82) is 5.26 Å². The van der Waals surface area contributed by atoms with Gasteiger partial charge in [-0.15, -0.1) is 0 Å².